The molecule has 0 amide bonds. The largest absolute Gasteiger partial charge is 0.356 e. The van der Waals surface area contributed by atoms with Gasteiger partial charge in [-0.3, -0.25) is 0 Å². The molecule has 0 fully saturated rings. The Kier molecular flexibility index (Phi) is 7.48. The second kappa shape index (κ2) is 10.8. The Balaban J connectivity index is 0.000000162. The van der Waals surface area contributed by atoms with E-state index in [1.165, 1.54) is 5.56 Å². The second-order valence-corrected chi connectivity index (χ2v) is 6.59. The van der Waals surface area contributed by atoms with Gasteiger partial charge in [0.1, 0.15) is 0 Å². The number of benzene rings is 4. The Morgan fingerprint density at radius 3 is 1.32 bits per heavy atom. The number of nitrogens with one attached hydrogen (secondary N) is 1. The van der Waals surface area contributed by atoms with E-state index >= 15 is 0 Å². The lowest BCUT2D eigenvalue weighted by Crippen LogP contribution is -1.87. The third kappa shape index (κ3) is 6.79. The van der Waals surface area contributed by atoms with Crippen molar-refractivity contribution in [2.45, 2.75) is 0 Å². The zero-order valence-corrected chi connectivity index (χ0v) is 16.3. The van der Waals surface area contributed by atoms with E-state index in [1.54, 1.807) is 0 Å². The molecule has 0 aromatic heterocycles. The van der Waals surface area contributed by atoms with Crippen LogP contribution in [0, 0.1) is 0 Å². The predicted octanol–water partition coefficient (Wildman–Crippen LogP) is 7.94. The van der Waals surface area contributed by atoms with E-state index in [9.17, 15) is 0 Å². The van der Waals surface area contributed by atoms with Crippen molar-refractivity contribution in [3.8, 4) is 0 Å². The lowest BCUT2D eigenvalue weighted by Gasteiger charge is -2.04. The van der Waals surface area contributed by atoms with Crippen molar-refractivity contribution in [2.75, 3.05) is 5.32 Å². The van der Waals surface area contributed by atoms with Gasteiger partial charge in [0, 0.05) is 16.4 Å². The monoisotopic (exact) mass is 383 g/mol. The van der Waals surface area contributed by atoms with Crippen molar-refractivity contribution in [2.24, 2.45) is 0 Å². The summed E-state index contributed by atoms with van der Waals surface area (Å²) in [5, 5.41) is 4.07. The molecule has 4 rings (SSSR count). The minimum Gasteiger partial charge on any atom is -0.356 e. The third-order valence-corrected chi connectivity index (χ3v) is 4.23. The Bertz CT molecular complexity index is 926. The fourth-order valence-corrected chi connectivity index (χ4v) is 2.67. The Hall–Kier alpha value is -3.29. The van der Waals surface area contributed by atoms with E-state index in [4.69, 9.17) is 11.6 Å². The molecule has 4 aromatic rings. The minimum atomic E-state index is 0.770. The molecule has 0 aliphatic rings. The molecule has 0 unspecified atom stereocenters. The van der Waals surface area contributed by atoms with Crippen molar-refractivity contribution in [1.82, 2.24) is 0 Å². The van der Waals surface area contributed by atoms with Gasteiger partial charge in [-0.25, -0.2) is 0 Å². The average molecular weight is 384 g/mol. The zero-order valence-electron chi connectivity index (χ0n) is 15.5. The standard InChI is InChI=1S/C14H11Cl.C12H11N/c15-14-10-8-13(9-11-14)7-6-12-4-2-1-3-5-12;1-3-7-11(8-4-1)13-12-9-5-2-6-10-12/h1-11H;1-10,13H. The fraction of sp³-hybridized carbons (Fsp3) is 0. The molecule has 0 saturated heterocycles. The van der Waals surface area contributed by atoms with Crippen molar-refractivity contribution < 1.29 is 0 Å². The van der Waals surface area contributed by atoms with Crippen LogP contribution in [0.5, 0.6) is 0 Å². The molecular formula is C26H22ClN. The molecule has 138 valence electrons. The predicted molar refractivity (Wildman–Crippen MR) is 123 cm³/mol. The summed E-state index contributed by atoms with van der Waals surface area (Å²) >= 11 is 5.80. The summed E-state index contributed by atoms with van der Waals surface area (Å²) in [6.07, 6.45) is 4.16. The first-order chi connectivity index (χ1) is 13.8. The topological polar surface area (TPSA) is 12.0 Å². The van der Waals surface area contributed by atoms with E-state index in [2.05, 4.69) is 29.6 Å². The van der Waals surface area contributed by atoms with E-state index in [1.807, 2.05) is 103 Å². The highest BCUT2D eigenvalue weighted by Gasteiger charge is 1.90. The fourth-order valence-electron chi connectivity index (χ4n) is 2.54. The molecule has 0 aliphatic carbocycles. The molecular weight excluding hydrogens is 362 g/mol. The molecule has 1 nitrogen and oxygen atoms in total. The maximum absolute atomic E-state index is 5.80. The summed E-state index contributed by atoms with van der Waals surface area (Å²) in [7, 11) is 0. The van der Waals surface area contributed by atoms with E-state index in [0.717, 1.165) is 22.0 Å². The van der Waals surface area contributed by atoms with Crippen molar-refractivity contribution in [1.29, 1.82) is 0 Å². The van der Waals surface area contributed by atoms with Crippen LogP contribution < -0.4 is 5.32 Å². The van der Waals surface area contributed by atoms with Crippen molar-refractivity contribution in [3.05, 3.63) is 131 Å². The van der Waals surface area contributed by atoms with Crippen LogP contribution in [-0.4, -0.2) is 0 Å². The molecule has 0 atom stereocenters. The van der Waals surface area contributed by atoms with Gasteiger partial charge in [-0.15, -0.1) is 0 Å². The summed E-state index contributed by atoms with van der Waals surface area (Å²) in [4.78, 5) is 0. The third-order valence-electron chi connectivity index (χ3n) is 3.97. The first-order valence-electron chi connectivity index (χ1n) is 9.15. The van der Waals surface area contributed by atoms with Gasteiger partial charge in [0.2, 0.25) is 0 Å². The summed E-state index contributed by atoms with van der Waals surface area (Å²) in [5.41, 5.74) is 4.60. The van der Waals surface area contributed by atoms with Crippen LogP contribution in [0.2, 0.25) is 5.02 Å². The van der Waals surface area contributed by atoms with Crippen LogP contribution in [0.4, 0.5) is 11.4 Å². The van der Waals surface area contributed by atoms with Crippen LogP contribution in [0.25, 0.3) is 12.2 Å². The van der Waals surface area contributed by atoms with Crippen LogP contribution in [-0.2, 0) is 0 Å². The van der Waals surface area contributed by atoms with Gasteiger partial charge >= 0.3 is 0 Å². The summed E-state index contributed by atoms with van der Waals surface area (Å²) in [5.74, 6) is 0. The lowest BCUT2D eigenvalue weighted by atomic mass is 10.1. The van der Waals surface area contributed by atoms with E-state index in [0.29, 0.717) is 0 Å². The summed E-state index contributed by atoms with van der Waals surface area (Å²) in [6.45, 7) is 0. The zero-order chi connectivity index (χ0) is 19.4. The summed E-state index contributed by atoms with van der Waals surface area (Å²) in [6, 6.07) is 38.3. The van der Waals surface area contributed by atoms with E-state index < -0.39 is 0 Å². The molecule has 0 heterocycles. The highest BCUT2D eigenvalue weighted by molar-refractivity contribution is 6.30. The van der Waals surface area contributed by atoms with Gasteiger partial charge in [0.15, 0.2) is 0 Å². The smallest absolute Gasteiger partial charge is 0.0406 e. The number of rotatable bonds is 4. The van der Waals surface area contributed by atoms with Gasteiger partial charge in [0.25, 0.3) is 0 Å². The average Bonchev–Trinajstić information content (AvgIpc) is 2.76. The molecule has 1 N–H and O–H groups in total. The molecule has 0 radical (unpaired) electrons. The number of anilines is 2. The highest BCUT2D eigenvalue weighted by Crippen LogP contribution is 2.14. The van der Waals surface area contributed by atoms with Gasteiger partial charge < -0.3 is 5.32 Å². The maximum Gasteiger partial charge on any atom is 0.0406 e. The number of halogens is 1. The summed E-state index contributed by atoms with van der Waals surface area (Å²) < 4.78 is 0. The Morgan fingerprint density at radius 1 is 0.464 bits per heavy atom. The Labute approximate surface area is 172 Å². The molecule has 0 saturated carbocycles. The van der Waals surface area contributed by atoms with Crippen LogP contribution in [0.3, 0.4) is 0 Å². The first kappa shape index (κ1) is 19.5. The molecule has 0 aliphatic heterocycles. The SMILES string of the molecule is Clc1ccc(C=Cc2ccccc2)cc1.c1ccc(Nc2ccccc2)cc1. The van der Waals surface area contributed by atoms with E-state index in [-0.39, 0.29) is 0 Å². The van der Waals surface area contributed by atoms with Gasteiger partial charge in [-0.05, 0) is 47.5 Å². The molecule has 28 heavy (non-hydrogen) atoms. The quantitative estimate of drug-likeness (QED) is 0.352. The first-order valence-corrected chi connectivity index (χ1v) is 9.53. The van der Waals surface area contributed by atoms with Gasteiger partial charge in [-0.1, -0.05) is 103 Å². The van der Waals surface area contributed by atoms with Crippen LogP contribution in [0.1, 0.15) is 11.1 Å². The van der Waals surface area contributed by atoms with Crippen molar-refractivity contribution in [3.63, 3.8) is 0 Å². The highest BCUT2D eigenvalue weighted by atomic mass is 35.5. The molecule has 0 spiro atoms. The number of para-hydroxylation sites is 2. The second-order valence-electron chi connectivity index (χ2n) is 6.15. The molecule has 4 aromatic carbocycles. The van der Waals surface area contributed by atoms with Crippen LogP contribution in [0.15, 0.2) is 115 Å². The Morgan fingerprint density at radius 2 is 0.857 bits per heavy atom. The molecule has 2 heteroatoms. The maximum atomic E-state index is 5.80. The number of hydrogen-bond acceptors (Lipinski definition) is 1. The van der Waals surface area contributed by atoms with Crippen LogP contribution >= 0.6 is 11.6 Å². The normalized spacial score (nSPS) is 10.2. The van der Waals surface area contributed by atoms with Crippen molar-refractivity contribution >= 4 is 35.1 Å². The van der Waals surface area contributed by atoms with Gasteiger partial charge in [-0.2, -0.15) is 0 Å². The lowest BCUT2D eigenvalue weighted by molar-refractivity contribution is 1.55. The minimum absolute atomic E-state index is 0.770. The number of hydrogen-bond donors (Lipinski definition) is 1. The molecule has 0 bridgehead atoms. The van der Waals surface area contributed by atoms with Gasteiger partial charge in [0.05, 0.1) is 0 Å².